The molecule has 0 fully saturated rings. The highest BCUT2D eigenvalue weighted by Gasteiger charge is 2.13. The van der Waals surface area contributed by atoms with E-state index < -0.39 is 0 Å². The van der Waals surface area contributed by atoms with Gasteiger partial charge < -0.3 is 4.90 Å². The van der Waals surface area contributed by atoms with Crippen molar-refractivity contribution in [1.29, 1.82) is 0 Å². The van der Waals surface area contributed by atoms with E-state index in [1.54, 1.807) is 0 Å². The molecule has 3 nitrogen and oxygen atoms in total. The summed E-state index contributed by atoms with van der Waals surface area (Å²) in [5, 5.41) is 0. The van der Waals surface area contributed by atoms with Crippen LogP contribution in [0.25, 0.3) is 0 Å². The Bertz CT molecular complexity index is 211. The summed E-state index contributed by atoms with van der Waals surface area (Å²) in [4.78, 5) is 2.22. The number of hydrogen-bond acceptors (Lipinski definition) is 3. The van der Waals surface area contributed by atoms with Gasteiger partial charge in [-0.05, 0) is 52.7 Å². The molecule has 16 heavy (non-hydrogen) atoms. The fraction of sp³-hybridized carbons (Fsp3) is 0.846. The second kappa shape index (κ2) is 7.82. The summed E-state index contributed by atoms with van der Waals surface area (Å²) in [5.74, 6) is 5.67. The van der Waals surface area contributed by atoms with Crippen molar-refractivity contribution < 1.29 is 0 Å². The maximum Gasteiger partial charge on any atom is 0.0431 e. The van der Waals surface area contributed by atoms with Crippen molar-refractivity contribution in [3.63, 3.8) is 0 Å². The van der Waals surface area contributed by atoms with Crippen LogP contribution in [0.15, 0.2) is 11.6 Å². The lowest BCUT2D eigenvalue weighted by molar-refractivity contribution is 0.369. The molecule has 0 aromatic carbocycles. The van der Waals surface area contributed by atoms with Gasteiger partial charge in [-0.1, -0.05) is 24.5 Å². The first kappa shape index (κ1) is 13.7. The fourth-order valence-electron chi connectivity index (χ4n) is 2.30. The molecule has 0 aliphatic heterocycles. The number of nitrogens with one attached hydrogen (secondary N) is 1. The molecule has 0 saturated carbocycles. The topological polar surface area (TPSA) is 41.3 Å². The largest absolute Gasteiger partial charge is 0.309 e. The first-order valence-electron chi connectivity index (χ1n) is 6.54. The molecule has 0 aromatic rings. The number of hydrazine groups is 1. The van der Waals surface area contributed by atoms with Gasteiger partial charge in [-0.15, -0.1) is 0 Å². The monoisotopic (exact) mass is 225 g/mol. The lowest BCUT2D eigenvalue weighted by atomic mass is 9.93. The molecule has 1 rings (SSSR count). The van der Waals surface area contributed by atoms with Gasteiger partial charge in [0.15, 0.2) is 0 Å². The molecule has 3 N–H and O–H groups in total. The third-order valence-electron chi connectivity index (χ3n) is 3.34. The summed E-state index contributed by atoms with van der Waals surface area (Å²) in [6.07, 6.45) is 11.4. The minimum Gasteiger partial charge on any atom is -0.309 e. The van der Waals surface area contributed by atoms with E-state index in [1.165, 1.54) is 44.1 Å². The van der Waals surface area contributed by atoms with Gasteiger partial charge in [0.2, 0.25) is 0 Å². The maximum atomic E-state index is 5.67. The summed E-state index contributed by atoms with van der Waals surface area (Å²) in [6.45, 7) is 1.09. The van der Waals surface area contributed by atoms with Crippen molar-refractivity contribution in [3.05, 3.63) is 11.6 Å². The molecule has 1 aliphatic rings. The average molecular weight is 225 g/mol. The van der Waals surface area contributed by atoms with Crippen molar-refractivity contribution in [2.24, 2.45) is 5.84 Å². The van der Waals surface area contributed by atoms with Gasteiger partial charge in [-0.2, -0.15) is 0 Å². The Morgan fingerprint density at radius 1 is 1.31 bits per heavy atom. The first-order valence-corrected chi connectivity index (χ1v) is 6.54. The Kier molecular flexibility index (Phi) is 6.69. The highest BCUT2D eigenvalue weighted by atomic mass is 15.2. The van der Waals surface area contributed by atoms with E-state index in [4.69, 9.17) is 5.84 Å². The summed E-state index contributed by atoms with van der Waals surface area (Å²) < 4.78 is 0. The smallest absolute Gasteiger partial charge is 0.0431 e. The Hall–Kier alpha value is -0.380. The van der Waals surface area contributed by atoms with E-state index in [0.717, 1.165) is 13.0 Å². The van der Waals surface area contributed by atoms with E-state index in [9.17, 15) is 0 Å². The minimum atomic E-state index is 0.375. The molecule has 0 heterocycles. The molecular weight excluding hydrogens is 198 g/mol. The third-order valence-corrected chi connectivity index (χ3v) is 3.34. The van der Waals surface area contributed by atoms with Crippen LogP contribution in [0.3, 0.4) is 0 Å². The molecule has 3 heteroatoms. The van der Waals surface area contributed by atoms with Gasteiger partial charge in [0.25, 0.3) is 0 Å². The summed E-state index contributed by atoms with van der Waals surface area (Å²) in [6, 6.07) is 0.375. The van der Waals surface area contributed by atoms with Crippen molar-refractivity contribution in [3.8, 4) is 0 Å². The number of hydrogen-bond donors (Lipinski definition) is 2. The predicted octanol–water partition coefficient (Wildman–Crippen LogP) is 2.05. The lowest BCUT2D eigenvalue weighted by Crippen LogP contribution is -2.38. The zero-order valence-electron chi connectivity index (χ0n) is 10.8. The van der Waals surface area contributed by atoms with Crippen LogP contribution in [0.5, 0.6) is 0 Å². The van der Waals surface area contributed by atoms with Crippen LogP contribution < -0.4 is 11.3 Å². The summed E-state index contributed by atoms with van der Waals surface area (Å²) >= 11 is 0. The van der Waals surface area contributed by atoms with E-state index in [-0.39, 0.29) is 0 Å². The van der Waals surface area contributed by atoms with Crippen LogP contribution >= 0.6 is 0 Å². The number of nitrogens with zero attached hydrogens (tertiary/aromatic N) is 1. The average Bonchev–Trinajstić information content (AvgIpc) is 2.20. The summed E-state index contributed by atoms with van der Waals surface area (Å²) in [5.41, 5.74) is 4.51. The number of allylic oxidation sites excluding steroid dienone is 1. The van der Waals surface area contributed by atoms with E-state index in [1.807, 2.05) is 0 Å². The molecule has 0 spiro atoms. The number of nitrogens with two attached hydrogens (primary N) is 1. The molecular formula is C13H27N3. The van der Waals surface area contributed by atoms with Crippen LogP contribution in [0, 0.1) is 0 Å². The third kappa shape index (κ3) is 5.10. The van der Waals surface area contributed by atoms with E-state index in [2.05, 4.69) is 30.5 Å². The van der Waals surface area contributed by atoms with Crippen LogP contribution in [-0.2, 0) is 0 Å². The van der Waals surface area contributed by atoms with Crippen molar-refractivity contribution in [2.75, 3.05) is 20.6 Å². The SMILES string of the molecule is CN(C)CCC(NN)C1=CCCCCCC1. The normalized spacial score (nSPS) is 20.1. The molecule has 1 atom stereocenters. The summed E-state index contributed by atoms with van der Waals surface area (Å²) in [7, 11) is 4.22. The minimum absolute atomic E-state index is 0.375. The fourth-order valence-corrected chi connectivity index (χ4v) is 2.30. The van der Waals surface area contributed by atoms with Crippen molar-refractivity contribution >= 4 is 0 Å². The Balaban J connectivity index is 2.47. The van der Waals surface area contributed by atoms with Crippen LogP contribution in [0.1, 0.15) is 44.9 Å². The molecule has 0 aromatic heterocycles. The quantitative estimate of drug-likeness (QED) is 0.427. The molecule has 1 aliphatic carbocycles. The van der Waals surface area contributed by atoms with Gasteiger partial charge in [-0.25, -0.2) is 0 Å². The van der Waals surface area contributed by atoms with Gasteiger partial charge >= 0.3 is 0 Å². The maximum absolute atomic E-state index is 5.67. The van der Waals surface area contributed by atoms with E-state index in [0.29, 0.717) is 6.04 Å². The highest BCUT2D eigenvalue weighted by Crippen LogP contribution is 2.20. The van der Waals surface area contributed by atoms with Gasteiger partial charge in [0.1, 0.15) is 0 Å². The second-order valence-electron chi connectivity index (χ2n) is 5.04. The molecule has 0 bridgehead atoms. The van der Waals surface area contributed by atoms with Crippen molar-refractivity contribution in [2.45, 2.75) is 51.0 Å². The zero-order chi connectivity index (χ0) is 11.8. The lowest BCUT2D eigenvalue weighted by Gasteiger charge is -2.23. The Morgan fingerprint density at radius 2 is 2.06 bits per heavy atom. The number of rotatable bonds is 5. The Labute approximate surface area is 100 Å². The van der Waals surface area contributed by atoms with Crippen LogP contribution in [0.2, 0.25) is 0 Å². The highest BCUT2D eigenvalue weighted by molar-refractivity contribution is 5.11. The van der Waals surface area contributed by atoms with Gasteiger partial charge in [-0.3, -0.25) is 11.3 Å². The first-order chi connectivity index (χ1) is 7.74. The van der Waals surface area contributed by atoms with E-state index >= 15 is 0 Å². The second-order valence-corrected chi connectivity index (χ2v) is 5.04. The molecule has 94 valence electrons. The Morgan fingerprint density at radius 3 is 2.75 bits per heavy atom. The van der Waals surface area contributed by atoms with Crippen molar-refractivity contribution in [1.82, 2.24) is 10.3 Å². The van der Waals surface area contributed by atoms with Gasteiger partial charge in [0, 0.05) is 6.04 Å². The predicted molar refractivity (Wildman–Crippen MR) is 70.1 cm³/mol. The van der Waals surface area contributed by atoms with Crippen LogP contribution in [-0.4, -0.2) is 31.6 Å². The molecule has 0 saturated heterocycles. The van der Waals surface area contributed by atoms with Gasteiger partial charge in [0.05, 0.1) is 0 Å². The standard InChI is InChI=1S/C13H27N3/c1-16(2)11-10-13(15-14)12-8-6-4-3-5-7-9-12/h8,13,15H,3-7,9-11,14H2,1-2H3. The molecule has 0 radical (unpaired) electrons. The van der Waals surface area contributed by atoms with Crippen LogP contribution in [0.4, 0.5) is 0 Å². The zero-order valence-corrected chi connectivity index (χ0v) is 10.8. The molecule has 0 amide bonds. The molecule has 1 unspecified atom stereocenters.